The number of nitrogens with one attached hydrogen (secondary N) is 1. The van der Waals surface area contributed by atoms with Crippen molar-refractivity contribution in [3.8, 4) is 17.3 Å². The Kier molecular flexibility index (Phi) is 3.61. The van der Waals surface area contributed by atoms with Gasteiger partial charge in [0.2, 0.25) is 0 Å². The Bertz CT molecular complexity index is 575. The molecule has 0 atom stereocenters. The topological polar surface area (TPSA) is 71.8 Å². The van der Waals surface area contributed by atoms with Crippen LogP contribution in [0.25, 0.3) is 11.3 Å². The number of nitrogens with zero attached hydrogens (tertiary/aromatic N) is 5. The Hall–Kier alpha value is -2.39. The van der Waals surface area contributed by atoms with Crippen molar-refractivity contribution < 1.29 is 0 Å². The Morgan fingerprint density at radius 2 is 2.00 bits per heavy atom. The molecule has 0 amide bonds. The molecule has 3 rings (SSSR count). The molecule has 20 heavy (non-hydrogen) atoms. The molecule has 1 N–H and O–H groups in total. The number of rotatable bonds is 3. The van der Waals surface area contributed by atoms with E-state index in [9.17, 15) is 0 Å². The summed E-state index contributed by atoms with van der Waals surface area (Å²) in [4.78, 5) is 7.37. The largest absolute Gasteiger partial charge is 0.367 e. The fraction of sp³-hybridized carbons (Fsp3) is 0.357. The van der Waals surface area contributed by atoms with Crippen molar-refractivity contribution in [1.82, 2.24) is 20.1 Å². The number of nitriles is 1. The van der Waals surface area contributed by atoms with Crippen LogP contribution < -0.4 is 4.90 Å². The zero-order valence-electron chi connectivity index (χ0n) is 11.2. The average molecular weight is 268 g/mol. The fourth-order valence-corrected chi connectivity index (χ4v) is 2.37. The van der Waals surface area contributed by atoms with E-state index in [1.54, 1.807) is 0 Å². The van der Waals surface area contributed by atoms with Crippen LogP contribution in [0.5, 0.6) is 0 Å². The summed E-state index contributed by atoms with van der Waals surface area (Å²) in [7, 11) is 0. The second-order valence-corrected chi connectivity index (χ2v) is 4.80. The van der Waals surface area contributed by atoms with Crippen LogP contribution in [0.15, 0.2) is 30.6 Å². The molecule has 1 aliphatic rings. The first-order valence-corrected chi connectivity index (χ1v) is 6.68. The number of aromatic amines is 1. The maximum absolute atomic E-state index is 8.69. The molecule has 1 fully saturated rings. The lowest BCUT2D eigenvalue weighted by Crippen LogP contribution is -2.46. The summed E-state index contributed by atoms with van der Waals surface area (Å²) in [5.74, 6) is 0.904. The van der Waals surface area contributed by atoms with Gasteiger partial charge < -0.3 is 9.88 Å². The average Bonchev–Trinajstić information content (AvgIpc) is 3.03. The molecule has 0 aliphatic carbocycles. The third-order valence-corrected chi connectivity index (χ3v) is 3.53. The highest BCUT2D eigenvalue weighted by Crippen LogP contribution is 2.18. The lowest BCUT2D eigenvalue weighted by molar-refractivity contribution is 0.286. The fourth-order valence-electron chi connectivity index (χ4n) is 2.37. The van der Waals surface area contributed by atoms with Gasteiger partial charge in [0.15, 0.2) is 5.82 Å². The smallest absolute Gasteiger partial charge is 0.151 e. The zero-order chi connectivity index (χ0) is 13.8. The minimum Gasteiger partial charge on any atom is -0.367 e. The van der Waals surface area contributed by atoms with Gasteiger partial charge >= 0.3 is 0 Å². The zero-order valence-corrected chi connectivity index (χ0v) is 11.2. The van der Waals surface area contributed by atoms with E-state index in [0.29, 0.717) is 6.54 Å². The summed E-state index contributed by atoms with van der Waals surface area (Å²) in [5, 5.41) is 17.3. The first-order valence-electron chi connectivity index (χ1n) is 6.68. The van der Waals surface area contributed by atoms with Crippen molar-refractivity contribution in [2.45, 2.75) is 0 Å². The molecule has 6 heteroatoms. The van der Waals surface area contributed by atoms with Crippen LogP contribution in [0.4, 0.5) is 5.82 Å². The van der Waals surface area contributed by atoms with Crippen LogP contribution in [0.1, 0.15) is 0 Å². The van der Waals surface area contributed by atoms with Gasteiger partial charge in [0, 0.05) is 44.1 Å². The van der Waals surface area contributed by atoms with Crippen molar-refractivity contribution in [3.63, 3.8) is 0 Å². The Morgan fingerprint density at radius 1 is 1.15 bits per heavy atom. The molecular formula is C14H16N6. The van der Waals surface area contributed by atoms with E-state index in [0.717, 1.165) is 43.3 Å². The minimum atomic E-state index is 0.506. The number of hydrogen-bond donors (Lipinski definition) is 1. The minimum absolute atomic E-state index is 0.506. The van der Waals surface area contributed by atoms with Crippen LogP contribution in [0.3, 0.4) is 0 Å². The van der Waals surface area contributed by atoms with Gasteiger partial charge in [-0.25, -0.2) is 0 Å². The molecule has 0 unspecified atom stereocenters. The molecule has 2 aromatic heterocycles. The third kappa shape index (κ3) is 2.63. The number of hydrogen-bond acceptors (Lipinski definition) is 5. The van der Waals surface area contributed by atoms with Gasteiger partial charge in [0.1, 0.15) is 0 Å². The van der Waals surface area contributed by atoms with Gasteiger partial charge in [0.25, 0.3) is 0 Å². The van der Waals surface area contributed by atoms with Crippen LogP contribution in [0.2, 0.25) is 0 Å². The maximum Gasteiger partial charge on any atom is 0.151 e. The van der Waals surface area contributed by atoms with E-state index in [-0.39, 0.29) is 0 Å². The van der Waals surface area contributed by atoms with Crippen molar-refractivity contribution in [3.05, 3.63) is 30.6 Å². The Balaban J connectivity index is 1.66. The van der Waals surface area contributed by atoms with Gasteiger partial charge in [0.05, 0.1) is 18.3 Å². The molecule has 0 saturated carbocycles. The highest BCUT2D eigenvalue weighted by atomic mass is 15.3. The van der Waals surface area contributed by atoms with Gasteiger partial charge in [-0.05, 0) is 18.2 Å². The monoisotopic (exact) mass is 268 g/mol. The lowest BCUT2D eigenvalue weighted by atomic mass is 10.2. The standard InChI is InChI=1S/C14H16N6/c15-4-6-19-7-9-20(10-8-19)14-2-1-13(17-18-14)12-3-5-16-11-12/h1-3,5,11,16H,6-10H2. The highest BCUT2D eigenvalue weighted by Gasteiger charge is 2.17. The number of anilines is 1. The second-order valence-electron chi connectivity index (χ2n) is 4.80. The van der Waals surface area contributed by atoms with Gasteiger partial charge in [-0.3, -0.25) is 4.90 Å². The van der Waals surface area contributed by atoms with Gasteiger partial charge in [-0.1, -0.05) is 0 Å². The summed E-state index contributed by atoms with van der Waals surface area (Å²) in [6, 6.07) is 8.17. The van der Waals surface area contributed by atoms with Crippen LogP contribution in [-0.2, 0) is 0 Å². The molecule has 1 saturated heterocycles. The van der Waals surface area contributed by atoms with Crippen LogP contribution in [0, 0.1) is 11.3 Å². The molecule has 3 heterocycles. The number of aromatic nitrogens is 3. The van der Waals surface area contributed by atoms with Gasteiger partial charge in [-0.2, -0.15) is 5.26 Å². The molecule has 6 nitrogen and oxygen atoms in total. The molecule has 102 valence electrons. The van der Waals surface area contributed by atoms with E-state index < -0.39 is 0 Å². The summed E-state index contributed by atoms with van der Waals surface area (Å²) in [5.41, 5.74) is 1.92. The number of piperazine rings is 1. The molecule has 0 bridgehead atoms. The predicted octanol–water partition coefficient (Wildman–Crippen LogP) is 1.12. The van der Waals surface area contributed by atoms with E-state index in [1.165, 1.54) is 0 Å². The van der Waals surface area contributed by atoms with E-state index in [1.807, 2.05) is 30.6 Å². The third-order valence-electron chi connectivity index (χ3n) is 3.53. The van der Waals surface area contributed by atoms with E-state index in [4.69, 9.17) is 5.26 Å². The molecule has 0 aromatic carbocycles. The van der Waals surface area contributed by atoms with Crippen molar-refractivity contribution in [2.75, 3.05) is 37.6 Å². The number of H-pyrrole nitrogens is 1. The van der Waals surface area contributed by atoms with Gasteiger partial charge in [-0.15, -0.1) is 10.2 Å². The SMILES string of the molecule is N#CCN1CCN(c2ccc(-c3cc[nH]c3)nn2)CC1. The molecule has 2 aromatic rings. The van der Waals surface area contributed by atoms with E-state index >= 15 is 0 Å². The Labute approximate surface area is 117 Å². The van der Waals surface area contributed by atoms with Crippen molar-refractivity contribution in [2.24, 2.45) is 0 Å². The molecular weight excluding hydrogens is 252 g/mol. The summed E-state index contributed by atoms with van der Waals surface area (Å²) in [6.07, 6.45) is 3.78. The molecule has 0 radical (unpaired) electrons. The molecule has 1 aliphatic heterocycles. The molecule has 0 spiro atoms. The Morgan fingerprint density at radius 3 is 2.60 bits per heavy atom. The summed E-state index contributed by atoms with van der Waals surface area (Å²) < 4.78 is 0. The second kappa shape index (κ2) is 5.72. The lowest BCUT2D eigenvalue weighted by Gasteiger charge is -2.33. The highest BCUT2D eigenvalue weighted by molar-refractivity contribution is 5.58. The van der Waals surface area contributed by atoms with Crippen molar-refractivity contribution in [1.29, 1.82) is 5.26 Å². The predicted molar refractivity (Wildman–Crippen MR) is 76.1 cm³/mol. The van der Waals surface area contributed by atoms with Crippen LogP contribution in [-0.4, -0.2) is 52.8 Å². The van der Waals surface area contributed by atoms with Crippen molar-refractivity contribution >= 4 is 5.82 Å². The summed E-state index contributed by atoms with van der Waals surface area (Å²) in [6.45, 7) is 4.08. The first kappa shape index (κ1) is 12.6. The normalized spacial score (nSPS) is 16.1. The summed E-state index contributed by atoms with van der Waals surface area (Å²) >= 11 is 0. The maximum atomic E-state index is 8.69. The van der Waals surface area contributed by atoms with Crippen LogP contribution >= 0.6 is 0 Å². The quantitative estimate of drug-likeness (QED) is 0.844. The van der Waals surface area contributed by atoms with E-state index in [2.05, 4.69) is 31.1 Å². The first-order chi connectivity index (χ1) is 9.86.